The molecule has 0 fully saturated rings. The molecule has 0 atom stereocenters. The summed E-state index contributed by atoms with van der Waals surface area (Å²) in [6.07, 6.45) is 0. The summed E-state index contributed by atoms with van der Waals surface area (Å²) in [6, 6.07) is 41.7. The van der Waals surface area contributed by atoms with Crippen molar-refractivity contribution in [1.29, 1.82) is 0 Å². The quantitative estimate of drug-likeness (QED) is 0.317. The van der Waals surface area contributed by atoms with Gasteiger partial charge in [-0.15, -0.1) is 0 Å². The van der Waals surface area contributed by atoms with Crippen molar-refractivity contribution in [3.63, 3.8) is 0 Å². The standard InChI is InChI=1S/C31H21NO/c33-31(27-16-5-1-12-23(27)24-13-2-6-17-28(24)31)21-10-9-11-22(20-21)32-29-18-7-3-14-25(29)26-15-4-8-19-30(26)32/h1-20,33H. The van der Waals surface area contributed by atoms with Crippen LogP contribution in [0.15, 0.2) is 121 Å². The summed E-state index contributed by atoms with van der Waals surface area (Å²) in [6.45, 7) is 0. The number of hydrogen-bond donors (Lipinski definition) is 1. The molecule has 0 spiro atoms. The summed E-state index contributed by atoms with van der Waals surface area (Å²) in [4.78, 5) is 0. The fraction of sp³-hybridized carbons (Fsp3) is 0.0323. The highest BCUT2D eigenvalue weighted by atomic mass is 16.3. The monoisotopic (exact) mass is 423 g/mol. The third-order valence-electron chi connectivity index (χ3n) is 7.03. The van der Waals surface area contributed by atoms with Crippen LogP contribution in [0.4, 0.5) is 0 Å². The predicted molar refractivity (Wildman–Crippen MR) is 135 cm³/mol. The Labute approximate surface area is 192 Å². The first-order chi connectivity index (χ1) is 16.3. The molecule has 1 aliphatic carbocycles. The second kappa shape index (κ2) is 6.68. The van der Waals surface area contributed by atoms with Crippen LogP contribution in [0.1, 0.15) is 16.7 Å². The van der Waals surface area contributed by atoms with Crippen LogP contribution in [0.5, 0.6) is 0 Å². The Bertz CT molecular complexity index is 1590. The van der Waals surface area contributed by atoms with Crippen LogP contribution in [-0.2, 0) is 5.60 Å². The average Bonchev–Trinajstić information content (AvgIpc) is 3.36. The van der Waals surface area contributed by atoms with Gasteiger partial charge in [-0.3, -0.25) is 0 Å². The van der Waals surface area contributed by atoms with Gasteiger partial charge in [0.05, 0.1) is 11.0 Å². The Morgan fingerprint density at radius 1 is 0.515 bits per heavy atom. The van der Waals surface area contributed by atoms with Crippen molar-refractivity contribution in [2.75, 3.05) is 0 Å². The van der Waals surface area contributed by atoms with E-state index in [0.717, 1.165) is 44.5 Å². The van der Waals surface area contributed by atoms with E-state index >= 15 is 0 Å². The molecule has 0 saturated heterocycles. The minimum absolute atomic E-state index is 0.874. The van der Waals surface area contributed by atoms with E-state index in [2.05, 4.69) is 83.4 Å². The zero-order valence-corrected chi connectivity index (χ0v) is 17.9. The Kier molecular flexibility index (Phi) is 3.73. The summed E-state index contributed by atoms with van der Waals surface area (Å²) in [5.74, 6) is 0. The molecule has 0 saturated carbocycles. The molecule has 6 aromatic rings. The normalized spacial score (nSPS) is 13.8. The Morgan fingerprint density at radius 2 is 1.03 bits per heavy atom. The van der Waals surface area contributed by atoms with Crippen LogP contribution in [0.25, 0.3) is 38.6 Å². The molecule has 0 aliphatic heterocycles. The molecular formula is C31H21NO. The van der Waals surface area contributed by atoms with Gasteiger partial charge >= 0.3 is 0 Å². The number of para-hydroxylation sites is 2. The molecular weight excluding hydrogens is 402 g/mol. The maximum absolute atomic E-state index is 12.3. The maximum atomic E-state index is 12.3. The van der Waals surface area contributed by atoms with E-state index in [0.29, 0.717) is 0 Å². The molecule has 2 nitrogen and oxygen atoms in total. The van der Waals surface area contributed by atoms with Gasteiger partial charge in [0.25, 0.3) is 0 Å². The van der Waals surface area contributed by atoms with Crippen LogP contribution in [-0.4, -0.2) is 9.67 Å². The first-order valence-corrected chi connectivity index (χ1v) is 11.3. The second-order valence-corrected chi connectivity index (χ2v) is 8.72. The third-order valence-corrected chi connectivity index (χ3v) is 7.03. The van der Waals surface area contributed by atoms with Gasteiger partial charge in [0.1, 0.15) is 5.60 Å². The molecule has 1 N–H and O–H groups in total. The van der Waals surface area contributed by atoms with Crippen molar-refractivity contribution in [1.82, 2.24) is 4.57 Å². The van der Waals surface area contributed by atoms with E-state index in [1.807, 2.05) is 42.5 Å². The minimum atomic E-state index is -1.19. The number of fused-ring (bicyclic) bond motifs is 6. The molecule has 5 aromatic carbocycles. The first-order valence-electron chi connectivity index (χ1n) is 11.3. The van der Waals surface area contributed by atoms with E-state index in [4.69, 9.17) is 0 Å². The van der Waals surface area contributed by atoms with Crippen LogP contribution < -0.4 is 0 Å². The lowest BCUT2D eigenvalue weighted by atomic mass is 9.84. The summed E-state index contributed by atoms with van der Waals surface area (Å²) >= 11 is 0. The van der Waals surface area contributed by atoms with Gasteiger partial charge in [0.15, 0.2) is 0 Å². The SMILES string of the molecule is OC1(c2cccc(-n3c4ccccc4c4ccccc43)c2)c2ccccc2-c2ccccc21. The van der Waals surface area contributed by atoms with E-state index < -0.39 is 5.60 Å². The number of aliphatic hydroxyl groups is 1. The van der Waals surface area contributed by atoms with Crippen LogP contribution in [0.2, 0.25) is 0 Å². The number of benzene rings is 5. The molecule has 1 heterocycles. The van der Waals surface area contributed by atoms with Crippen molar-refractivity contribution in [2.45, 2.75) is 5.60 Å². The van der Waals surface area contributed by atoms with Crippen LogP contribution >= 0.6 is 0 Å². The maximum Gasteiger partial charge on any atom is 0.141 e. The Hall–Kier alpha value is -4.14. The van der Waals surface area contributed by atoms with Crippen LogP contribution in [0, 0.1) is 0 Å². The number of aromatic nitrogens is 1. The van der Waals surface area contributed by atoms with Gasteiger partial charge in [-0.25, -0.2) is 0 Å². The van der Waals surface area contributed by atoms with Gasteiger partial charge in [-0.05, 0) is 41.0 Å². The van der Waals surface area contributed by atoms with E-state index in [1.54, 1.807) is 0 Å². The Morgan fingerprint density at radius 3 is 1.64 bits per heavy atom. The summed E-state index contributed by atoms with van der Waals surface area (Å²) < 4.78 is 2.30. The molecule has 0 bridgehead atoms. The lowest BCUT2D eigenvalue weighted by molar-refractivity contribution is 0.130. The highest BCUT2D eigenvalue weighted by Gasteiger charge is 2.42. The lowest BCUT2D eigenvalue weighted by Crippen LogP contribution is -2.26. The third kappa shape index (κ3) is 2.41. The van der Waals surface area contributed by atoms with Gasteiger partial charge in [-0.2, -0.15) is 0 Å². The topological polar surface area (TPSA) is 25.2 Å². The van der Waals surface area contributed by atoms with Crippen molar-refractivity contribution < 1.29 is 5.11 Å². The fourth-order valence-corrected chi connectivity index (χ4v) is 5.59. The summed E-state index contributed by atoms with van der Waals surface area (Å²) in [5, 5.41) is 14.8. The van der Waals surface area contributed by atoms with Gasteiger partial charge in [0.2, 0.25) is 0 Å². The summed E-state index contributed by atoms with van der Waals surface area (Å²) in [5.41, 5.74) is 7.11. The molecule has 1 aliphatic rings. The van der Waals surface area contributed by atoms with Crippen molar-refractivity contribution in [3.05, 3.63) is 138 Å². The minimum Gasteiger partial charge on any atom is -0.376 e. The van der Waals surface area contributed by atoms with Crippen molar-refractivity contribution in [2.24, 2.45) is 0 Å². The molecule has 0 amide bonds. The molecule has 156 valence electrons. The zero-order valence-electron chi connectivity index (χ0n) is 17.9. The van der Waals surface area contributed by atoms with Crippen molar-refractivity contribution >= 4 is 21.8 Å². The Balaban J connectivity index is 1.52. The van der Waals surface area contributed by atoms with Gasteiger partial charge in [-0.1, -0.05) is 97.1 Å². The number of nitrogens with zero attached hydrogens (tertiary/aromatic N) is 1. The highest BCUT2D eigenvalue weighted by Crippen LogP contribution is 2.51. The largest absolute Gasteiger partial charge is 0.376 e. The van der Waals surface area contributed by atoms with Crippen LogP contribution in [0.3, 0.4) is 0 Å². The molecule has 0 unspecified atom stereocenters. The molecule has 7 rings (SSSR count). The fourth-order valence-electron chi connectivity index (χ4n) is 5.59. The zero-order chi connectivity index (χ0) is 22.0. The molecule has 0 radical (unpaired) electrons. The van der Waals surface area contributed by atoms with Gasteiger partial charge in [0, 0.05) is 27.6 Å². The van der Waals surface area contributed by atoms with E-state index in [-0.39, 0.29) is 0 Å². The molecule has 2 heteroatoms. The molecule has 33 heavy (non-hydrogen) atoms. The molecule has 1 aromatic heterocycles. The van der Waals surface area contributed by atoms with Crippen molar-refractivity contribution in [3.8, 4) is 16.8 Å². The number of hydrogen-bond acceptors (Lipinski definition) is 1. The van der Waals surface area contributed by atoms with E-state index in [1.165, 1.54) is 10.8 Å². The van der Waals surface area contributed by atoms with E-state index in [9.17, 15) is 5.11 Å². The highest BCUT2D eigenvalue weighted by molar-refractivity contribution is 6.09. The first kappa shape index (κ1) is 18.4. The smallest absolute Gasteiger partial charge is 0.141 e. The number of rotatable bonds is 2. The summed E-state index contributed by atoms with van der Waals surface area (Å²) in [7, 11) is 0. The predicted octanol–water partition coefficient (Wildman–Crippen LogP) is 7.05. The second-order valence-electron chi connectivity index (χ2n) is 8.72. The average molecular weight is 424 g/mol. The lowest BCUT2D eigenvalue weighted by Gasteiger charge is -2.27. The van der Waals surface area contributed by atoms with Gasteiger partial charge < -0.3 is 9.67 Å².